The summed E-state index contributed by atoms with van der Waals surface area (Å²) in [5, 5.41) is 19.5. The van der Waals surface area contributed by atoms with E-state index in [1.807, 2.05) is 0 Å². The maximum absolute atomic E-state index is 11.7. The number of aliphatic hydroxyl groups excluding tert-OH is 2. The SMILES string of the molecule is C=CCO[C@H]1[C@@H](O)[C@H](n2ccc(N)nc2=O)O[C@@H]1CO. The first-order valence-electron chi connectivity index (χ1n) is 6.10. The van der Waals surface area contributed by atoms with Crippen molar-refractivity contribution in [3.8, 4) is 0 Å². The number of anilines is 1. The average Bonchev–Trinajstić information content (AvgIpc) is 2.73. The Balaban J connectivity index is 2.25. The molecule has 1 saturated heterocycles. The van der Waals surface area contributed by atoms with Gasteiger partial charge in [0.05, 0.1) is 13.2 Å². The summed E-state index contributed by atoms with van der Waals surface area (Å²) in [5.41, 5.74) is 4.76. The van der Waals surface area contributed by atoms with Gasteiger partial charge in [0.2, 0.25) is 0 Å². The van der Waals surface area contributed by atoms with Crippen molar-refractivity contribution in [3.63, 3.8) is 0 Å². The summed E-state index contributed by atoms with van der Waals surface area (Å²) < 4.78 is 11.9. The third-order valence-corrected chi connectivity index (χ3v) is 3.02. The molecule has 4 N–H and O–H groups in total. The summed E-state index contributed by atoms with van der Waals surface area (Å²) in [5.74, 6) is 0.0805. The quantitative estimate of drug-likeness (QED) is 0.571. The molecule has 0 aliphatic carbocycles. The van der Waals surface area contributed by atoms with E-state index >= 15 is 0 Å². The molecule has 2 heterocycles. The molecule has 0 radical (unpaired) electrons. The molecule has 0 amide bonds. The highest BCUT2D eigenvalue weighted by atomic mass is 16.6. The smallest absolute Gasteiger partial charge is 0.351 e. The van der Waals surface area contributed by atoms with Crippen LogP contribution in [0.4, 0.5) is 5.82 Å². The molecular formula is C12H17N3O5. The van der Waals surface area contributed by atoms with Crippen molar-refractivity contribution in [1.82, 2.24) is 9.55 Å². The van der Waals surface area contributed by atoms with Crippen LogP contribution in [0.25, 0.3) is 0 Å². The Bertz CT molecular complexity index is 532. The van der Waals surface area contributed by atoms with Gasteiger partial charge >= 0.3 is 5.69 Å². The summed E-state index contributed by atoms with van der Waals surface area (Å²) in [6.45, 7) is 3.37. The number of nitrogens with zero attached hydrogens (tertiary/aromatic N) is 2. The third-order valence-electron chi connectivity index (χ3n) is 3.02. The molecule has 8 nitrogen and oxygen atoms in total. The summed E-state index contributed by atoms with van der Waals surface area (Å²) >= 11 is 0. The molecule has 110 valence electrons. The van der Waals surface area contributed by atoms with Gasteiger partial charge in [-0.05, 0) is 6.07 Å². The Morgan fingerprint density at radius 2 is 2.40 bits per heavy atom. The topological polar surface area (TPSA) is 120 Å². The zero-order valence-corrected chi connectivity index (χ0v) is 10.8. The van der Waals surface area contributed by atoms with Crippen LogP contribution in [0, 0.1) is 0 Å². The van der Waals surface area contributed by atoms with Crippen molar-refractivity contribution < 1.29 is 19.7 Å². The molecule has 1 fully saturated rings. The van der Waals surface area contributed by atoms with Crippen LogP contribution in [0.1, 0.15) is 6.23 Å². The number of aromatic nitrogens is 2. The second-order valence-electron chi connectivity index (χ2n) is 4.37. The summed E-state index contributed by atoms with van der Waals surface area (Å²) in [4.78, 5) is 15.3. The first kappa shape index (κ1) is 14.7. The Hall–Kier alpha value is -1.74. The molecule has 1 aliphatic rings. The molecule has 1 aliphatic heterocycles. The van der Waals surface area contributed by atoms with E-state index in [1.165, 1.54) is 18.3 Å². The molecule has 0 unspecified atom stereocenters. The molecule has 1 aromatic rings. The summed E-state index contributed by atoms with van der Waals surface area (Å²) in [6, 6.07) is 1.42. The number of hydrogen-bond donors (Lipinski definition) is 3. The van der Waals surface area contributed by atoms with Gasteiger partial charge in [-0.1, -0.05) is 6.08 Å². The van der Waals surface area contributed by atoms with Crippen molar-refractivity contribution in [2.75, 3.05) is 18.9 Å². The standard InChI is InChI=1S/C12H17N3O5/c1-2-5-19-10-7(6-16)20-11(9(10)17)15-4-3-8(13)14-12(15)18/h2-4,7,9-11,16-17H,1,5-6H2,(H2,13,14,18)/t7-,9-,10-,11-/m1/s1. The van der Waals surface area contributed by atoms with E-state index in [0.717, 1.165) is 4.57 Å². The third kappa shape index (κ3) is 2.73. The van der Waals surface area contributed by atoms with Gasteiger partial charge in [0.25, 0.3) is 0 Å². The Kier molecular flexibility index (Phi) is 4.50. The van der Waals surface area contributed by atoms with Crippen molar-refractivity contribution in [2.45, 2.75) is 24.5 Å². The van der Waals surface area contributed by atoms with Crippen LogP contribution in [0.2, 0.25) is 0 Å². The average molecular weight is 283 g/mol. The lowest BCUT2D eigenvalue weighted by molar-refractivity contribution is -0.0590. The number of ether oxygens (including phenoxy) is 2. The molecule has 0 spiro atoms. The molecule has 1 aromatic heterocycles. The van der Waals surface area contributed by atoms with Gasteiger partial charge in [-0.15, -0.1) is 6.58 Å². The van der Waals surface area contributed by atoms with Crippen LogP contribution in [-0.2, 0) is 9.47 Å². The molecule has 8 heteroatoms. The maximum atomic E-state index is 11.7. The lowest BCUT2D eigenvalue weighted by Gasteiger charge is -2.19. The van der Waals surface area contributed by atoms with E-state index in [0.29, 0.717) is 0 Å². The van der Waals surface area contributed by atoms with Crippen LogP contribution < -0.4 is 11.4 Å². The number of rotatable bonds is 5. The lowest BCUT2D eigenvalue weighted by Crippen LogP contribution is -2.38. The predicted octanol–water partition coefficient (Wildman–Crippen LogP) is -1.35. The largest absolute Gasteiger partial charge is 0.394 e. The first-order valence-corrected chi connectivity index (χ1v) is 6.10. The molecule has 0 saturated carbocycles. The molecule has 2 rings (SSSR count). The Labute approximate surface area is 115 Å². The van der Waals surface area contributed by atoms with Gasteiger partial charge in [0.15, 0.2) is 6.23 Å². The summed E-state index contributed by atoms with van der Waals surface area (Å²) in [6.07, 6.45) is -0.696. The highest BCUT2D eigenvalue weighted by molar-refractivity contribution is 5.23. The second-order valence-corrected chi connectivity index (χ2v) is 4.37. The Morgan fingerprint density at radius 1 is 1.65 bits per heavy atom. The fourth-order valence-corrected chi connectivity index (χ4v) is 2.10. The second kappa shape index (κ2) is 6.14. The van der Waals surface area contributed by atoms with Gasteiger partial charge in [-0.3, -0.25) is 4.57 Å². The number of nitrogen functional groups attached to an aromatic ring is 1. The van der Waals surface area contributed by atoms with Crippen molar-refractivity contribution in [3.05, 3.63) is 35.4 Å². The van der Waals surface area contributed by atoms with Crippen molar-refractivity contribution >= 4 is 5.82 Å². The molecule has 0 aromatic carbocycles. The van der Waals surface area contributed by atoms with Crippen LogP contribution in [-0.4, -0.2) is 51.3 Å². The summed E-state index contributed by atoms with van der Waals surface area (Å²) in [7, 11) is 0. The minimum atomic E-state index is -1.12. The zero-order chi connectivity index (χ0) is 14.7. The van der Waals surface area contributed by atoms with E-state index in [2.05, 4.69) is 11.6 Å². The van der Waals surface area contributed by atoms with Gasteiger partial charge in [-0.25, -0.2) is 4.79 Å². The van der Waals surface area contributed by atoms with E-state index < -0.39 is 30.2 Å². The van der Waals surface area contributed by atoms with E-state index in [-0.39, 0.29) is 19.0 Å². The van der Waals surface area contributed by atoms with Crippen molar-refractivity contribution in [1.29, 1.82) is 0 Å². The molecular weight excluding hydrogens is 266 g/mol. The lowest BCUT2D eigenvalue weighted by atomic mass is 10.1. The number of aliphatic hydroxyl groups is 2. The molecule has 4 atom stereocenters. The van der Waals surface area contributed by atoms with E-state index in [1.54, 1.807) is 0 Å². The van der Waals surface area contributed by atoms with Crippen LogP contribution in [0.5, 0.6) is 0 Å². The first-order chi connectivity index (χ1) is 9.58. The van der Waals surface area contributed by atoms with Crippen molar-refractivity contribution in [2.24, 2.45) is 0 Å². The van der Waals surface area contributed by atoms with Gasteiger partial charge in [-0.2, -0.15) is 4.98 Å². The van der Waals surface area contributed by atoms with E-state index in [4.69, 9.17) is 15.2 Å². The Morgan fingerprint density at radius 3 is 3.00 bits per heavy atom. The molecule has 0 bridgehead atoms. The number of hydrogen-bond acceptors (Lipinski definition) is 7. The zero-order valence-electron chi connectivity index (χ0n) is 10.8. The van der Waals surface area contributed by atoms with Crippen LogP contribution >= 0.6 is 0 Å². The van der Waals surface area contributed by atoms with Crippen LogP contribution in [0.15, 0.2) is 29.7 Å². The normalized spacial score (nSPS) is 29.5. The highest BCUT2D eigenvalue weighted by Crippen LogP contribution is 2.30. The predicted molar refractivity (Wildman–Crippen MR) is 69.8 cm³/mol. The van der Waals surface area contributed by atoms with Gasteiger partial charge in [0, 0.05) is 6.20 Å². The minimum Gasteiger partial charge on any atom is -0.394 e. The minimum absolute atomic E-state index is 0.0805. The fourth-order valence-electron chi connectivity index (χ4n) is 2.10. The highest BCUT2D eigenvalue weighted by Gasteiger charge is 2.45. The van der Waals surface area contributed by atoms with Crippen LogP contribution in [0.3, 0.4) is 0 Å². The fraction of sp³-hybridized carbons (Fsp3) is 0.500. The van der Waals surface area contributed by atoms with E-state index in [9.17, 15) is 15.0 Å². The maximum Gasteiger partial charge on any atom is 0.351 e. The monoisotopic (exact) mass is 283 g/mol. The molecule has 20 heavy (non-hydrogen) atoms. The number of nitrogens with two attached hydrogens (primary N) is 1. The van der Waals surface area contributed by atoms with Gasteiger partial charge < -0.3 is 25.4 Å². The van der Waals surface area contributed by atoms with Gasteiger partial charge in [0.1, 0.15) is 24.1 Å².